The van der Waals surface area contributed by atoms with Crippen molar-refractivity contribution in [3.8, 4) is 5.75 Å². The fourth-order valence-corrected chi connectivity index (χ4v) is 1.08. The number of carbonyl (C=O) groups excluding carboxylic acids is 1. The first kappa shape index (κ1) is 10.4. The molecule has 2 amide bonds. The number of nitrogens with zero attached hydrogens (tertiary/aromatic N) is 1. The van der Waals surface area contributed by atoms with E-state index >= 15 is 0 Å². The van der Waals surface area contributed by atoms with Crippen molar-refractivity contribution >= 4 is 6.03 Å². The predicted octanol–water partition coefficient (Wildman–Crippen LogP) is 0.964. The Bertz CT molecular complexity index is 308. The first-order valence-corrected chi connectivity index (χ1v) is 4.26. The van der Waals surface area contributed by atoms with Crippen molar-refractivity contribution in [2.24, 2.45) is 0 Å². The Labute approximate surface area is 83.2 Å². The van der Waals surface area contributed by atoms with Gasteiger partial charge in [0.1, 0.15) is 5.75 Å². The molecule has 0 fully saturated rings. The molecule has 14 heavy (non-hydrogen) atoms. The Hall–Kier alpha value is -1.71. The number of hydrogen-bond donors (Lipinski definition) is 2. The minimum atomic E-state index is -0.141. The van der Waals surface area contributed by atoms with Gasteiger partial charge in [0, 0.05) is 26.7 Å². The van der Waals surface area contributed by atoms with Gasteiger partial charge in [-0.05, 0) is 17.7 Å². The van der Waals surface area contributed by atoms with Gasteiger partial charge in [0.2, 0.25) is 0 Å². The topological polar surface area (TPSA) is 52.6 Å². The molecule has 4 heteroatoms. The van der Waals surface area contributed by atoms with Gasteiger partial charge >= 0.3 is 6.03 Å². The third kappa shape index (κ3) is 2.65. The molecule has 0 aromatic heterocycles. The second-order valence-corrected chi connectivity index (χ2v) is 2.99. The van der Waals surface area contributed by atoms with Gasteiger partial charge in [0.15, 0.2) is 0 Å². The lowest BCUT2D eigenvalue weighted by molar-refractivity contribution is 0.209. The maximum Gasteiger partial charge on any atom is 0.317 e. The van der Waals surface area contributed by atoms with Crippen molar-refractivity contribution in [2.75, 3.05) is 14.1 Å². The van der Waals surface area contributed by atoms with Crippen LogP contribution in [0.3, 0.4) is 0 Å². The van der Waals surface area contributed by atoms with Crippen LogP contribution in [-0.4, -0.2) is 30.1 Å². The molecule has 1 aromatic rings. The number of aromatic hydroxyl groups is 1. The van der Waals surface area contributed by atoms with Gasteiger partial charge in [0.05, 0.1) is 0 Å². The van der Waals surface area contributed by atoms with Crippen LogP contribution in [0, 0.1) is 6.07 Å². The van der Waals surface area contributed by atoms with E-state index in [-0.39, 0.29) is 11.8 Å². The quantitative estimate of drug-likeness (QED) is 0.735. The summed E-state index contributed by atoms with van der Waals surface area (Å²) < 4.78 is 0. The Morgan fingerprint density at radius 1 is 1.64 bits per heavy atom. The molecule has 1 radical (unpaired) electrons. The molecule has 2 N–H and O–H groups in total. The highest BCUT2D eigenvalue weighted by atomic mass is 16.3. The van der Waals surface area contributed by atoms with Crippen LogP contribution in [0.1, 0.15) is 5.56 Å². The second-order valence-electron chi connectivity index (χ2n) is 2.99. The zero-order valence-corrected chi connectivity index (χ0v) is 8.24. The monoisotopic (exact) mass is 193 g/mol. The lowest BCUT2D eigenvalue weighted by Gasteiger charge is -2.16. The summed E-state index contributed by atoms with van der Waals surface area (Å²) in [6.07, 6.45) is 0. The summed E-state index contributed by atoms with van der Waals surface area (Å²) in [5, 5.41) is 11.5. The number of amides is 2. The number of phenols is 1. The molecule has 75 valence electrons. The largest absolute Gasteiger partial charge is 0.507 e. The van der Waals surface area contributed by atoms with Crippen LogP contribution in [0.25, 0.3) is 0 Å². The second kappa shape index (κ2) is 4.50. The number of carbonyl (C=O) groups is 1. The molecule has 0 aliphatic carbocycles. The highest BCUT2D eigenvalue weighted by Crippen LogP contribution is 2.10. The summed E-state index contributed by atoms with van der Waals surface area (Å²) in [5.41, 5.74) is 0.925. The van der Waals surface area contributed by atoms with Crippen molar-refractivity contribution < 1.29 is 9.90 Å². The number of benzene rings is 1. The van der Waals surface area contributed by atoms with Crippen LogP contribution in [0.2, 0.25) is 0 Å². The maximum atomic E-state index is 11.1. The average molecular weight is 193 g/mol. The van der Waals surface area contributed by atoms with Crippen LogP contribution in [0.15, 0.2) is 18.2 Å². The number of phenolic OH excluding ortho intramolecular Hbond substituents is 1. The molecule has 0 heterocycles. The smallest absolute Gasteiger partial charge is 0.317 e. The van der Waals surface area contributed by atoms with Gasteiger partial charge in [0.25, 0.3) is 0 Å². The Morgan fingerprint density at radius 2 is 2.36 bits per heavy atom. The third-order valence-corrected chi connectivity index (χ3v) is 1.84. The zero-order chi connectivity index (χ0) is 10.6. The van der Waals surface area contributed by atoms with Crippen LogP contribution >= 0.6 is 0 Å². The van der Waals surface area contributed by atoms with Gasteiger partial charge in [-0.25, -0.2) is 4.79 Å². The normalized spacial score (nSPS) is 9.57. The Kier molecular flexibility index (Phi) is 3.34. The van der Waals surface area contributed by atoms with E-state index in [0.717, 1.165) is 5.56 Å². The van der Waals surface area contributed by atoms with Crippen molar-refractivity contribution in [3.05, 3.63) is 29.8 Å². The van der Waals surface area contributed by atoms with E-state index in [4.69, 9.17) is 5.11 Å². The van der Waals surface area contributed by atoms with Gasteiger partial charge < -0.3 is 15.3 Å². The summed E-state index contributed by atoms with van der Waals surface area (Å²) in [6, 6.07) is 7.48. The van der Waals surface area contributed by atoms with Crippen LogP contribution in [0.5, 0.6) is 5.75 Å². The lowest BCUT2D eigenvalue weighted by atomic mass is 10.2. The predicted molar refractivity (Wildman–Crippen MR) is 52.9 cm³/mol. The van der Waals surface area contributed by atoms with E-state index in [2.05, 4.69) is 11.4 Å². The number of hydrogen-bond acceptors (Lipinski definition) is 2. The van der Waals surface area contributed by atoms with Gasteiger partial charge in [-0.1, -0.05) is 6.07 Å². The average Bonchev–Trinajstić information content (AvgIpc) is 2.20. The third-order valence-electron chi connectivity index (χ3n) is 1.84. The Morgan fingerprint density at radius 3 is 2.86 bits per heavy atom. The summed E-state index contributed by atoms with van der Waals surface area (Å²) in [6.45, 7) is 0.496. The molecule has 0 unspecified atom stereocenters. The van der Waals surface area contributed by atoms with E-state index in [0.29, 0.717) is 6.54 Å². The van der Waals surface area contributed by atoms with Gasteiger partial charge in [-0.3, -0.25) is 0 Å². The van der Waals surface area contributed by atoms with E-state index in [1.165, 1.54) is 0 Å². The summed E-state index contributed by atoms with van der Waals surface area (Å²) in [4.78, 5) is 12.7. The van der Waals surface area contributed by atoms with Crippen molar-refractivity contribution in [1.82, 2.24) is 10.2 Å². The van der Waals surface area contributed by atoms with Crippen LogP contribution < -0.4 is 5.32 Å². The molecule has 0 saturated carbocycles. The summed E-state index contributed by atoms with van der Waals surface area (Å²) in [7, 11) is 3.29. The van der Waals surface area contributed by atoms with E-state index < -0.39 is 0 Å². The zero-order valence-electron chi connectivity index (χ0n) is 8.24. The first-order valence-electron chi connectivity index (χ1n) is 4.26. The van der Waals surface area contributed by atoms with Crippen LogP contribution in [0.4, 0.5) is 4.79 Å². The summed E-state index contributed by atoms with van der Waals surface area (Å²) in [5.74, 6) is 0.108. The molecular weight excluding hydrogens is 180 g/mol. The van der Waals surface area contributed by atoms with Gasteiger partial charge in [-0.2, -0.15) is 0 Å². The molecule has 0 aliphatic rings. The molecule has 0 bridgehead atoms. The van der Waals surface area contributed by atoms with Crippen LogP contribution in [-0.2, 0) is 6.54 Å². The summed E-state index contributed by atoms with van der Waals surface area (Å²) >= 11 is 0. The highest BCUT2D eigenvalue weighted by molar-refractivity contribution is 5.73. The minimum absolute atomic E-state index is 0.108. The molecule has 1 aromatic carbocycles. The molecule has 1 rings (SSSR count). The molecule has 0 atom stereocenters. The van der Waals surface area contributed by atoms with E-state index in [9.17, 15) is 4.79 Å². The standard InChI is InChI=1S/C10H13N2O2/c1-11-10(14)12(2)7-8-3-5-9(13)6-4-8/h3-5,13H,7H2,1-2H3,(H,11,14). The lowest BCUT2D eigenvalue weighted by Crippen LogP contribution is -2.34. The molecule has 4 nitrogen and oxygen atoms in total. The SMILES string of the molecule is CNC(=O)N(C)Cc1c[c]c(O)cc1. The fraction of sp³-hybridized carbons (Fsp3) is 0.300. The molecule has 0 spiro atoms. The molecule has 0 saturated heterocycles. The van der Waals surface area contributed by atoms with Gasteiger partial charge in [-0.15, -0.1) is 0 Å². The minimum Gasteiger partial charge on any atom is -0.507 e. The van der Waals surface area contributed by atoms with Crippen molar-refractivity contribution in [1.29, 1.82) is 0 Å². The fourth-order valence-electron chi connectivity index (χ4n) is 1.08. The maximum absolute atomic E-state index is 11.1. The number of rotatable bonds is 2. The van der Waals surface area contributed by atoms with Crippen molar-refractivity contribution in [2.45, 2.75) is 6.54 Å². The first-order chi connectivity index (χ1) is 6.63. The highest BCUT2D eigenvalue weighted by Gasteiger charge is 2.05. The Balaban J connectivity index is 2.60. The van der Waals surface area contributed by atoms with E-state index in [1.54, 1.807) is 37.2 Å². The molecular formula is C10H13N2O2. The van der Waals surface area contributed by atoms with Crippen molar-refractivity contribution in [3.63, 3.8) is 0 Å². The number of urea groups is 1. The molecule has 0 aliphatic heterocycles. The van der Waals surface area contributed by atoms with E-state index in [1.807, 2.05) is 0 Å². The number of nitrogens with one attached hydrogen (secondary N) is 1.